The van der Waals surface area contributed by atoms with Crippen LogP contribution in [0, 0.1) is 5.92 Å². The number of nitrogens with zero attached hydrogens (tertiary/aromatic N) is 2. The fraction of sp³-hybridized carbons (Fsp3) is 0.704. The number of alkyl halides is 3. The van der Waals surface area contributed by atoms with Crippen molar-refractivity contribution < 1.29 is 31.2 Å². The van der Waals surface area contributed by atoms with E-state index in [1.165, 1.54) is 6.07 Å². The molecule has 3 rings (SSSR count). The Morgan fingerprint density at radius 2 is 1.82 bits per heavy atom. The molecule has 1 N–H and O–H groups in total. The number of benzene rings is 1. The zero-order valence-electron chi connectivity index (χ0n) is 23.0. The Hall–Kier alpha value is -2.14. The number of carbonyl (C=O) groups is 2. The lowest BCUT2D eigenvalue weighted by Crippen LogP contribution is -2.53. The lowest BCUT2D eigenvalue weighted by molar-refractivity contribution is -0.137. The van der Waals surface area contributed by atoms with E-state index in [4.69, 9.17) is 0 Å². The first-order valence-electron chi connectivity index (χ1n) is 13.1. The summed E-state index contributed by atoms with van der Waals surface area (Å²) in [6.45, 7) is 9.58. The van der Waals surface area contributed by atoms with Crippen LogP contribution in [-0.2, 0) is 20.8 Å². The Bertz CT molecular complexity index is 1130. The molecule has 4 atom stereocenters. The molecule has 2 fully saturated rings. The van der Waals surface area contributed by atoms with E-state index in [1.807, 2.05) is 7.05 Å². The minimum absolute atomic E-state index is 0.0331. The van der Waals surface area contributed by atoms with E-state index in [-0.39, 0.29) is 35.2 Å². The van der Waals surface area contributed by atoms with Gasteiger partial charge >= 0.3 is 6.18 Å². The number of sulfone groups is 1. The average Bonchev–Trinajstić information content (AvgIpc) is 3.16. The van der Waals surface area contributed by atoms with E-state index < -0.39 is 38.3 Å². The van der Waals surface area contributed by atoms with Crippen LogP contribution in [0.25, 0.3) is 0 Å². The minimum atomic E-state index is -4.58. The molecule has 1 heterocycles. The smallest absolute Gasteiger partial charge is 0.340 e. The highest BCUT2D eigenvalue weighted by Gasteiger charge is 2.45. The zero-order valence-corrected chi connectivity index (χ0v) is 23.8. The van der Waals surface area contributed by atoms with Gasteiger partial charge in [-0.05, 0) is 91.5 Å². The van der Waals surface area contributed by atoms with Crippen LogP contribution in [0.4, 0.5) is 13.2 Å². The van der Waals surface area contributed by atoms with Crippen LogP contribution in [0.2, 0.25) is 0 Å². The van der Waals surface area contributed by atoms with Crippen molar-refractivity contribution >= 4 is 21.7 Å². The van der Waals surface area contributed by atoms with E-state index in [9.17, 15) is 31.2 Å². The van der Waals surface area contributed by atoms with Gasteiger partial charge in [0.05, 0.1) is 16.1 Å². The third kappa shape index (κ3) is 6.70. The fourth-order valence-corrected chi connectivity index (χ4v) is 6.80. The quantitative estimate of drug-likeness (QED) is 0.543. The standard InChI is InChI=1S/C27H40F3N3O4S/c1-17(2)32(6)21-10-11-23(19(15-21)16-38(36,37)26(3,4)5)33-13-12-22(25(33)35)31-24(34)18-8-7-9-20(14-18)27(28,29)30/h7-9,14,17,19,21-23H,10-13,15-16H2,1-6H3,(H,31,34)/t19-,21-,22+,23+/m1/s1. The van der Waals surface area contributed by atoms with Crippen molar-refractivity contribution in [2.75, 3.05) is 19.3 Å². The Morgan fingerprint density at radius 3 is 2.39 bits per heavy atom. The van der Waals surface area contributed by atoms with Gasteiger partial charge in [-0.1, -0.05) is 6.07 Å². The normalized spacial score (nSPS) is 25.3. The monoisotopic (exact) mass is 559 g/mol. The van der Waals surface area contributed by atoms with Gasteiger partial charge < -0.3 is 15.1 Å². The molecule has 0 aromatic heterocycles. The summed E-state index contributed by atoms with van der Waals surface area (Å²) >= 11 is 0. The summed E-state index contributed by atoms with van der Waals surface area (Å²) in [5.74, 6) is -1.36. The van der Waals surface area contributed by atoms with Crippen LogP contribution in [0.3, 0.4) is 0 Å². The van der Waals surface area contributed by atoms with E-state index in [0.29, 0.717) is 31.8 Å². The van der Waals surface area contributed by atoms with Crippen molar-refractivity contribution in [2.24, 2.45) is 5.92 Å². The Kier molecular flexibility index (Phi) is 8.92. The van der Waals surface area contributed by atoms with Crippen LogP contribution in [-0.4, -0.2) is 78.3 Å². The molecule has 1 aliphatic carbocycles. The number of likely N-dealkylation sites (tertiary alicyclic amines) is 1. The largest absolute Gasteiger partial charge is 0.416 e. The van der Waals surface area contributed by atoms with Gasteiger partial charge in [0.25, 0.3) is 5.91 Å². The molecule has 11 heteroatoms. The molecule has 38 heavy (non-hydrogen) atoms. The Morgan fingerprint density at radius 1 is 1.16 bits per heavy atom. The maximum Gasteiger partial charge on any atom is 0.416 e. The molecule has 1 saturated heterocycles. The van der Waals surface area contributed by atoms with Crippen LogP contribution in [0.15, 0.2) is 24.3 Å². The van der Waals surface area contributed by atoms with Crippen molar-refractivity contribution in [3.8, 4) is 0 Å². The number of hydrogen-bond acceptors (Lipinski definition) is 5. The highest BCUT2D eigenvalue weighted by atomic mass is 32.2. The summed E-state index contributed by atoms with van der Waals surface area (Å²) in [5, 5.41) is 2.60. The second kappa shape index (κ2) is 11.2. The predicted molar refractivity (Wildman–Crippen MR) is 140 cm³/mol. The number of rotatable bonds is 7. The van der Waals surface area contributed by atoms with Gasteiger partial charge in [-0.15, -0.1) is 0 Å². The first kappa shape index (κ1) is 30.4. The minimum Gasteiger partial charge on any atom is -0.340 e. The van der Waals surface area contributed by atoms with E-state index >= 15 is 0 Å². The molecule has 1 aromatic carbocycles. The van der Waals surface area contributed by atoms with Crippen LogP contribution in [0.1, 0.15) is 76.2 Å². The molecule has 0 bridgehead atoms. The molecule has 7 nitrogen and oxygen atoms in total. The van der Waals surface area contributed by atoms with Crippen molar-refractivity contribution in [2.45, 2.75) is 95.4 Å². The van der Waals surface area contributed by atoms with Crippen LogP contribution < -0.4 is 5.32 Å². The lowest BCUT2D eigenvalue weighted by atomic mass is 9.81. The predicted octanol–water partition coefficient (Wildman–Crippen LogP) is 4.13. The second-order valence-electron chi connectivity index (χ2n) is 11.9. The highest BCUT2D eigenvalue weighted by Crippen LogP contribution is 2.36. The molecule has 0 unspecified atom stereocenters. The molecule has 214 valence electrons. The molecule has 0 spiro atoms. The summed E-state index contributed by atoms with van der Waals surface area (Å²) in [5.41, 5.74) is -1.10. The first-order chi connectivity index (χ1) is 17.4. The van der Waals surface area contributed by atoms with E-state index in [0.717, 1.165) is 24.6 Å². The number of nitrogens with one attached hydrogen (secondary N) is 1. The van der Waals surface area contributed by atoms with Crippen molar-refractivity contribution in [3.63, 3.8) is 0 Å². The maximum atomic E-state index is 13.4. The molecular formula is C27H40F3N3O4S. The van der Waals surface area contributed by atoms with Crippen LogP contribution in [0.5, 0.6) is 0 Å². The van der Waals surface area contributed by atoms with Gasteiger partial charge in [0.2, 0.25) is 5.91 Å². The number of halogens is 3. The van der Waals surface area contributed by atoms with Crippen molar-refractivity contribution in [1.82, 2.24) is 15.1 Å². The summed E-state index contributed by atoms with van der Waals surface area (Å²) in [6.07, 6.45) is -2.17. The summed E-state index contributed by atoms with van der Waals surface area (Å²) in [6, 6.07) is 3.43. The summed E-state index contributed by atoms with van der Waals surface area (Å²) in [7, 11) is -1.42. The third-order valence-corrected chi connectivity index (χ3v) is 10.8. The van der Waals surface area contributed by atoms with Gasteiger partial charge in [-0.3, -0.25) is 9.59 Å². The SMILES string of the molecule is CC(C)N(C)[C@@H]1CC[C@H](N2CC[C@H](NC(=O)c3cccc(C(F)(F)F)c3)C2=O)[C@@H](CS(=O)(=O)C(C)(C)C)C1. The fourth-order valence-electron chi connectivity index (χ4n) is 5.38. The number of carbonyl (C=O) groups excluding carboxylic acids is 2. The van der Waals surface area contributed by atoms with E-state index in [2.05, 4.69) is 24.1 Å². The molecular weight excluding hydrogens is 519 g/mol. The topological polar surface area (TPSA) is 86.8 Å². The molecule has 1 saturated carbocycles. The molecule has 2 amide bonds. The Balaban J connectivity index is 1.77. The van der Waals surface area contributed by atoms with Gasteiger partial charge in [0, 0.05) is 30.2 Å². The zero-order chi connectivity index (χ0) is 28.6. The lowest BCUT2D eigenvalue weighted by Gasteiger charge is -2.45. The summed E-state index contributed by atoms with van der Waals surface area (Å²) < 4.78 is 64.6. The Labute approximate surface area is 224 Å². The van der Waals surface area contributed by atoms with Crippen molar-refractivity contribution in [3.05, 3.63) is 35.4 Å². The number of amides is 2. The van der Waals surface area contributed by atoms with Gasteiger partial charge in [-0.25, -0.2) is 8.42 Å². The molecule has 0 radical (unpaired) electrons. The molecule has 1 aromatic rings. The van der Waals surface area contributed by atoms with Gasteiger partial charge in [-0.2, -0.15) is 13.2 Å². The second-order valence-corrected chi connectivity index (χ2v) is 14.7. The third-order valence-electron chi connectivity index (χ3n) is 8.07. The molecule has 2 aliphatic rings. The van der Waals surface area contributed by atoms with E-state index in [1.54, 1.807) is 25.7 Å². The molecule has 1 aliphatic heterocycles. The highest BCUT2D eigenvalue weighted by molar-refractivity contribution is 7.92. The van der Waals surface area contributed by atoms with Crippen molar-refractivity contribution in [1.29, 1.82) is 0 Å². The van der Waals surface area contributed by atoms with Gasteiger partial charge in [0.1, 0.15) is 6.04 Å². The maximum absolute atomic E-state index is 13.4. The average molecular weight is 560 g/mol. The first-order valence-corrected chi connectivity index (χ1v) is 14.8. The summed E-state index contributed by atoms with van der Waals surface area (Å²) in [4.78, 5) is 30.1. The van der Waals surface area contributed by atoms with Gasteiger partial charge in [0.15, 0.2) is 9.84 Å². The van der Waals surface area contributed by atoms with Crippen LogP contribution >= 0.6 is 0 Å². The number of hydrogen-bond donors (Lipinski definition) is 1.